The molecular formula is C58H35N5S. The third kappa shape index (κ3) is 5.84. The molecule has 0 saturated heterocycles. The van der Waals surface area contributed by atoms with Gasteiger partial charge in [0.05, 0.1) is 22.2 Å². The van der Waals surface area contributed by atoms with E-state index in [1.54, 1.807) is 0 Å². The lowest BCUT2D eigenvalue weighted by Crippen LogP contribution is -2.00. The van der Waals surface area contributed by atoms with Gasteiger partial charge in [-0.2, -0.15) is 0 Å². The second kappa shape index (κ2) is 14.7. The maximum absolute atomic E-state index is 5.20. The molecule has 0 unspecified atom stereocenters. The Morgan fingerprint density at radius 1 is 0.344 bits per heavy atom. The summed E-state index contributed by atoms with van der Waals surface area (Å²) in [6, 6.07) is 74.9. The van der Waals surface area contributed by atoms with Crippen LogP contribution >= 0.6 is 11.3 Å². The van der Waals surface area contributed by atoms with Crippen LogP contribution in [0.2, 0.25) is 0 Å². The summed E-state index contributed by atoms with van der Waals surface area (Å²) >= 11 is 1.86. The number of fused-ring (bicyclic) bond motifs is 10. The standard InChI is InChI=1S/C58H35N5S/c1-4-15-37(16-5-1)54-45-32-33-46-52-42(23-14-26-51(52)64-55(46)53(45)44-22-10-12-24-48(44)59-54)36-27-29-39(30-28-36)57-60-56(38-17-6-2-7-18-38)61-58(62-57)40-31-34-50-47(35-40)43-21-11-13-25-49(43)63(50)41-19-8-3-9-20-41/h1-35H. The van der Waals surface area contributed by atoms with E-state index >= 15 is 0 Å². The molecule has 0 aliphatic rings. The van der Waals surface area contributed by atoms with E-state index in [9.17, 15) is 0 Å². The molecule has 13 aromatic rings. The van der Waals surface area contributed by atoms with E-state index in [0.717, 1.165) is 61.1 Å². The van der Waals surface area contributed by atoms with E-state index in [1.165, 1.54) is 47.3 Å². The molecule has 298 valence electrons. The molecule has 4 heterocycles. The van der Waals surface area contributed by atoms with Crippen molar-refractivity contribution >= 4 is 75.0 Å². The van der Waals surface area contributed by atoms with E-state index in [4.69, 9.17) is 19.9 Å². The highest BCUT2D eigenvalue weighted by Crippen LogP contribution is 2.46. The highest BCUT2D eigenvalue weighted by molar-refractivity contribution is 7.27. The lowest BCUT2D eigenvalue weighted by Gasteiger charge is -2.11. The van der Waals surface area contributed by atoms with Crippen LogP contribution in [-0.4, -0.2) is 24.5 Å². The van der Waals surface area contributed by atoms with Crippen LogP contribution in [0.4, 0.5) is 0 Å². The fourth-order valence-corrected chi connectivity index (χ4v) is 10.8. The summed E-state index contributed by atoms with van der Waals surface area (Å²) < 4.78 is 4.86. The minimum absolute atomic E-state index is 0.627. The van der Waals surface area contributed by atoms with Crippen molar-refractivity contribution in [3.63, 3.8) is 0 Å². The number of hydrogen-bond donors (Lipinski definition) is 0. The molecule has 13 rings (SSSR count). The topological polar surface area (TPSA) is 56.5 Å². The zero-order chi connectivity index (χ0) is 42.1. The smallest absolute Gasteiger partial charge is 0.164 e. The van der Waals surface area contributed by atoms with Crippen LogP contribution in [0.15, 0.2) is 212 Å². The Morgan fingerprint density at radius 3 is 1.69 bits per heavy atom. The van der Waals surface area contributed by atoms with Gasteiger partial charge in [0.25, 0.3) is 0 Å². The van der Waals surface area contributed by atoms with Gasteiger partial charge in [-0.25, -0.2) is 19.9 Å². The maximum atomic E-state index is 5.20. The van der Waals surface area contributed by atoms with Crippen LogP contribution in [-0.2, 0) is 0 Å². The van der Waals surface area contributed by atoms with Crippen molar-refractivity contribution in [3.05, 3.63) is 212 Å². The Kier molecular flexibility index (Phi) is 8.32. The average Bonchev–Trinajstić information content (AvgIpc) is 3.93. The molecule has 0 bridgehead atoms. The third-order valence-electron chi connectivity index (χ3n) is 12.4. The minimum Gasteiger partial charge on any atom is -0.309 e. The fourth-order valence-electron chi connectivity index (χ4n) is 9.49. The van der Waals surface area contributed by atoms with Crippen LogP contribution in [0.5, 0.6) is 0 Å². The van der Waals surface area contributed by atoms with Crippen LogP contribution < -0.4 is 0 Å². The Morgan fingerprint density at radius 2 is 0.922 bits per heavy atom. The van der Waals surface area contributed by atoms with E-state index in [-0.39, 0.29) is 0 Å². The Labute approximate surface area is 372 Å². The van der Waals surface area contributed by atoms with Crippen molar-refractivity contribution in [1.82, 2.24) is 24.5 Å². The number of para-hydroxylation sites is 3. The Balaban J connectivity index is 0.941. The third-order valence-corrected chi connectivity index (χ3v) is 13.6. The summed E-state index contributed by atoms with van der Waals surface area (Å²) in [5.41, 5.74) is 11.7. The van der Waals surface area contributed by atoms with Gasteiger partial charge in [-0.3, -0.25) is 0 Å². The molecule has 64 heavy (non-hydrogen) atoms. The number of thiophene rings is 1. The number of hydrogen-bond acceptors (Lipinski definition) is 5. The van der Waals surface area contributed by atoms with Gasteiger partial charge < -0.3 is 4.57 Å². The highest BCUT2D eigenvalue weighted by atomic mass is 32.1. The van der Waals surface area contributed by atoms with Crippen molar-refractivity contribution in [1.29, 1.82) is 0 Å². The number of benzene rings is 9. The van der Waals surface area contributed by atoms with Crippen LogP contribution in [0.25, 0.3) is 126 Å². The zero-order valence-corrected chi connectivity index (χ0v) is 35.2. The SMILES string of the molecule is c1ccc(-c2nc(-c3ccc(-c4cccc5sc6c(ccc7c(-c8ccccc8)nc8ccccc8c76)c45)cc3)nc(-c3ccc4c(c3)c3ccccc3n4-c3ccccc3)n2)cc1. The molecule has 9 aromatic carbocycles. The first-order chi connectivity index (χ1) is 31.7. The summed E-state index contributed by atoms with van der Waals surface area (Å²) in [6.45, 7) is 0. The lowest BCUT2D eigenvalue weighted by atomic mass is 9.95. The van der Waals surface area contributed by atoms with E-state index in [0.29, 0.717) is 17.5 Å². The van der Waals surface area contributed by atoms with Gasteiger partial charge in [0.1, 0.15) is 0 Å². The van der Waals surface area contributed by atoms with E-state index in [1.807, 2.05) is 29.5 Å². The first kappa shape index (κ1) is 36.3. The van der Waals surface area contributed by atoms with Crippen molar-refractivity contribution in [3.8, 4) is 62.2 Å². The fraction of sp³-hybridized carbons (Fsp3) is 0. The van der Waals surface area contributed by atoms with E-state index < -0.39 is 0 Å². The van der Waals surface area contributed by atoms with Gasteiger partial charge >= 0.3 is 0 Å². The van der Waals surface area contributed by atoms with Gasteiger partial charge in [0, 0.05) is 75.0 Å². The first-order valence-electron chi connectivity index (χ1n) is 21.5. The van der Waals surface area contributed by atoms with Gasteiger partial charge in [0.15, 0.2) is 17.5 Å². The molecule has 0 fully saturated rings. The minimum atomic E-state index is 0.627. The summed E-state index contributed by atoms with van der Waals surface area (Å²) in [4.78, 5) is 20.6. The van der Waals surface area contributed by atoms with Crippen LogP contribution in [0.3, 0.4) is 0 Å². The molecule has 4 aromatic heterocycles. The predicted octanol–water partition coefficient (Wildman–Crippen LogP) is 15.4. The lowest BCUT2D eigenvalue weighted by molar-refractivity contribution is 1.07. The first-order valence-corrected chi connectivity index (χ1v) is 22.3. The normalized spacial score (nSPS) is 11.8. The van der Waals surface area contributed by atoms with Gasteiger partial charge in [0.2, 0.25) is 0 Å². The number of nitrogens with zero attached hydrogens (tertiary/aromatic N) is 5. The zero-order valence-electron chi connectivity index (χ0n) is 34.4. The molecule has 0 aliphatic heterocycles. The molecule has 0 atom stereocenters. The molecule has 0 radical (unpaired) electrons. The molecule has 0 amide bonds. The maximum Gasteiger partial charge on any atom is 0.164 e. The summed E-state index contributed by atoms with van der Waals surface area (Å²) in [5, 5.41) is 8.43. The number of aromatic nitrogens is 5. The summed E-state index contributed by atoms with van der Waals surface area (Å²) in [7, 11) is 0. The monoisotopic (exact) mass is 833 g/mol. The van der Waals surface area contributed by atoms with E-state index in [2.05, 4.69) is 199 Å². The molecule has 0 saturated carbocycles. The average molecular weight is 834 g/mol. The van der Waals surface area contributed by atoms with Crippen LogP contribution in [0.1, 0.15) is 0 Å². The number of rotatable bonds is 6. The van der Waals surface area contributed by atoms with Gasteiger partial charge in [-0.05, 0) is 59.7 Å². The summed E-state index contributed by atoms with van der Waals surface area (Å²) in [5.74, 6) is 1.89. The summed E-state index contributed by atoms with van der Waals surface area (Å²) in [6.07, 6.45) is 0. The van der Waals surface area contributed by atoms with Crippen molar-refractivity contribution < 1.29 is 0 Å². The van der Waals surface area contributed by atoms with Crippen molar-refractivity contribution in [2.45, 2.75) is 0 Å². The largest absolute Gasteiger partial charge is 0.309 e. The molecular weight excluding hydrogens is 799 g/mol. The van der Waals surface area contributed by atoms with Crippen molar-refractivity contribution in [2.24, 2.45) is 0 Å². The second-order valence-electron chi connectivity index (χ2n) is 16.2. The quantitative estimate of drug-likeness (QED) is 0.157. The molecule has 0 spiro atoms. The highest BCUT2D eigenvalue weighted by Gasteiger charge is 2.20. The molecule has 0 aliphatic carbocycles. The molecule has 6 heteroatoms. The second-order valence-corrected chi connectivity index (χ2v) is 17.2. The molecule has 0 N–H and O–H groups in total. The van der Waals surface area contributed by atoms with Gasteiger partial charge in [-0.15, -0.1) is 11.3 Å². The Bertz CT molecular complexity index is 3930. The number of pyridine rings is 1. The van der Waals surface area contributed by atoms with Crippen molar-refractivity contribution in [2.75, 3.05) is 0 Å². The Hall–Kier alpha value is -8.32. The molecule has 5 nitrogen and oxygen atoms in total. The van der Waals surface area contributed by atoms with Crippen LogP contribution in [0, 0.1) is 0 Å². The predicted molar refractivity (Wildman–Crippen MR) is 267 cm³/mol. The van der Waals surface area contributed by atoms with Gasteiger partial charge in [-0.1, -0.05) is 164 Å².